The van der Waals surface area contributed by atoms with Gasteiger partial charge in [-0.3, -0.25) is 4.79 Å². The van der Waals surface area contributed by atoms with Crippen LogP contribution in [0.25, 0.3) is 22.3 Å². The van der Waals surface area contributed by atoms with Crippen LogP contribution in [-0.4, -0.2) is 87.3 Å². The number of ether oxygens (including phenoxy) is 4. The molecule has 1 saturated heterocycles. The van der Waals surface area contributed by atoms with Gasteiger partial charge in [-0.15, -0.1) is 0 Å². The summed E-state index contributed by atoms with van der Waals surface area (Å²) in [6.45, 7) is -0.692. The third-order valence-corrected chi connectivity index (χ3v) is 5.76. The molecule has 0 aliphatic carbocycles. The van der Waals surface area contributed by atoms with Gasteiger partial charge in [0.1, 0.15) is 52.6 Å². The highest BCUT2D eigenvalue weighted by Crippen LogP contribution is 2.47. The Labute approximate surface area is 202 Å². The lowest BCUT2D eigenvalue weighted by Gasteiger charge is -2.39. The molecule has 0 radical (unpaired) electrons. The molecule has 13 heteroatoms. The van der Waals surface area contributed by atoms with Gasteiger partial charge >= 0.3 is 0 Å². The van der Waals surface area contributed by atoms with Crippen molar-refractivity contribution in [3.05, 3.63) is 34.5 Å². The molecule has 1 aliphatic rings. The van der Waals surface area contributed by atoms with E-state index < -0.39 is 54.2 Å². The highest BCUT2D eigenvalue weighted by atomic mass is 16.7. The minimum atomic E-state index is -1.76. The summed E-state index contributed by atoms with van der Waals surface area (Å²) in [5.74, 6) is -2.36. The lowest BCUT2D eigenvalue weighted by atomic mass is 9.99. The first-order valence-electron chi connectivity index (χ1n) is 10.6. The van der Waals surface area contributed by atoms with E-state index >= 15 is 0 Å². The van der Waals surface area contributed by atoms with Gasteiger partial charge < -0.3 is 59.1 Å². The lowest BCUT2D eigenvalue weighted by Crippen LogP contribution is -2.60. The smallest absolute Gasteiger partial charge is 0.229 e. The van der Waals surface area contributed by atoms with E-state index in [1.807, 2.05) is 0 Å². The van der Waals surface area contributed by atoms with E-state index in [0.29, 0.717) is 0 Å². The van der Waals surface area contributed by atoms with E-state index in [-0.39, 0.29) is 45.3 Å². The number of phenolic OH excluding ortho intramolecular Hbond substituents is 3. The van der Waals surface area contributed by atoms with Crippen LogP contribution in [0.3, 0.4) is 0 Å². The molecule has 2 heterocycles. The van der Waals surface area contributed by atoms with Gasteiger partial charge in [0.15, 0.2) is 28.3 Å². The maximum absolute atomic E-state index is 12.9. The molecule has 0 saturated carbocycles. The zero-order valence-electron chi connectivity index (χ0n) is 19.0. The average molecular weight is 508 g/mol. The first kappa shape index (κ1) is 25.3. The summed E-state index contributed by atoms with van der Waals surface area (Å²) >= 11 is 0. The Hall–Kier alpha value is -3.75. The second-order valence-corrected chi connectivity index (χ2v) is 7.93. The molecule has 4 rings (SSSR count). The topological polar surface area (TPSA) is 209 Å². The number of methoxy groups -OCH3 is 2. The Morgan fingerprint density at radius 2 is 1.58 bits per heavy atom. The Morgan fingerprint density at radius 3 is 2.22 bits per heavy atom. The van der Waals surface area contributed by atoms with E-state index in [1.165, 1.54) is 26.4 Å². The first-order chi connectivity index (χ1) is 17.1. The summed E-state index contributed by atoms with van der Waals surface area (Å²) in [5, 5.41) is 70.3. The normalized spacial score (nSPS) is 24.0. The largest absolute Gasteiger partial charge is 0.507 e. The number of hydrogen-bond acceptors (Lipinski definition) is 13. The number of phenols is 3. The van der Waals surface area contributed by atoms with E-state index in [1.54, 1.807) is 0 Å². The summed E-state index contributed by atoms with van der Waals surface area (Å²) in [5.41, 5.74) is -1.20. The number of aromatic hydroxyl groups is 3. The molecule has 3 aromatic rings. The van der Waals surface area contributed by atoms with Crippen molar-refractivity contribution in [1.29, 1.82) is 0 Å². The van der Waals surface area contributed by atoms with E-state index in [2.05, 4.69) is 0 Å². The molecule has 36 heavy (non-hydrogen) atoms. The van der Waals surface area contributed by atoms with Gasteiger partial charge in [-0.25, -0.2) is 0 Å². The van der Waals surface area contributed by atoms with Crippen LogP contribution in [0.15, 0.2) is 33.5 Å². The highest BCUT2D eigenvalue weighted by molar-refractivity contribution is 5.92. The molecule has 2 aromatic carbocycles. The van der Waals surface area contributed by atoms with Crippen molar-refractivity contribution in [2.24, 2.45) is 0 Å². The molecule has 0 bridgehead atoms. The minimum absolute atomic E-state index is 0.140. The molecule has 1 fully saturated rings. The quantitative estimate of drug-likeness (QED) is 0.230. The van der Waals surface area contributed by atoms with Crippen LogP contribution in [0, 0.1) is 0 Å². The van der Waals surface area contributed by atoms with Gasteiger partial charge in [-0.1, -0.05) is 0 Å². The van der Waals surface area contributed by atoms with Crippen LogP contribution >= 0.6 is 0 Å². The fourth-order valence-corrected chi connectivity index (χ4v) is 3.98. The van der Waals surface area contributed by atoms with Gasteiger partial charge in [0, 0.05) is 12.1 Å². The van der Waals surface area contributed by atoms with E-state index in [4.69, 9.17) is 23.4 Å². The molecular formula is C23H24O13. The molecule has 194 valence electrons. The van der Waals surface area contributed by atoms with Gasteiger partial charge in [0.05, 0.1) is 20.8 Å². The predicted octanol–water partition coefficient (Wildman–Crippen LogP) is -0.227. The van der Waals surface area contributed by atoms with Crippen LogP contribution in [-0.2, 0) is 4.74 Å². The zero-order chi connectivity index (χ0) is 26.3. The van der Waals surface area contributed by atoms with E-state index in [9.17, 15) is 40.5 Å². The van der Waals surface area contributed by atoms with Crippen molar-refractivity contribution in [3.8, 4) is 45.8 Å². The molecule has 1 aliphatic heterocycles. The van der Waals surface area contributed by atoms with E-state index in [0.717, 1.165) is 12.1 Å². The van der Waals surface area contributed by atoms with Crippen molar-refractivity contribution >= 4 is 11.0 Å². The van der Waals surface area contributed by atoms with Crippen molar-refractivity contribution in [3.63, 3.8) is 0 Å². The van der Waals surface area contributed by atoms with Crippen LogP contribution in [0.5, 0.6) is 34.5 Å². The number of rotatable bonds is 6. The number of benzene rings is 2. The van der Waals surface area contributed by atoms with Crippen molar-refractivity contribution in [1.82, 2.24) is 0 Å². The third-order valence-electron chi connectivity index (χ3n) is 5.76. The number of aliphatic hydroxyl groups is 4. The maximum atomic E-state index is 12.9. The van der Waals surface area contributed by atoms with Crippen molar-refractivity contribution in [2.45, 2.75) is 30.7 Å². The second-order valence-electron chi connectivity index (χ2n) is 7.93. The third kappa shape index (κ3) is 4.12. The fraction of sp³-hybridized carbons (Fsp3) is 0.348. The summed E-state index contributed by atoms with van der Waals surface area (Å²) in [6, 6.07) is 4.30. The van der Waals surface area contributed by atoms with Gasteiger partial charge in [-0.2, -0.15) is 0 Å². The zero-order valence-corrected chi connectivity index (χ0v) is 19.0. The maximum Gasteiger partial charge on any atom is 0.229 e. The molecule has 0 unspecified atom stereocenters. The standard InChI is InChI=1S/C23H24O13/c1-32-20-8(25)3-4-12(35-23-19(31)18(30)17(29)14(7-24)36-23)16(20)13-6-10(27)15-9(26)5-11(28)21(33-2)22(15)34-13/h3-6,14,17-19,23-26,28-31H,7H2,1-2H3/t14-,17+,18-,19+,23+/m0/s1. The monoisotopic (exact) mass is 508 g/mol. The molecule has 1 aromatic heterocycles. The fourth-order valence-electron chi connectivity index (χ4n) is 3.98. The molecule has 13 nitrogen and oxygen atoms in total. The molecular weight excluding hydrogens is 484 g/mol. The minimum Gasteiger partial charge on any atom is -0.507 e. The second kappa shape index (κ2) is 9.72. The number of aliphatic hydroxyl groups excluding tert-OH is 4. The number of fused-ring (bicyclic) bond motifs is 1. The SMILES string of the molecule is COc1c(O)ccc(O[C@@H]2O[C@@H](CO)[C@@H](O)[C@H](O)[C@H]2O)c1-c1cc(=O)c2c(O)cc(O)c(OC)c2o1. The summed E-state index contributed by atoms with van der Waals surface area (Å²) in [6.07, 6.45) is -7.97. The lowest BCUT2D eigenvalue weighted by molar-refractivity contribution is -0.277. The summed E-state index contributed by atoms with van der Waals surface area (Å²) in [7, 11) is 2.42. The summed E-state index contributed by atoms with van der Waals surface area (Å²) in [4.78, 5) is 12.9. The predicted molar refractivity (Wildman–Crippen MR) is 120 cm³/mol. The Kier molecular flexibility index (Phi) is 6.84. The molecule has 0 spiro atoms. The molecule has 7 N–H and O–H groups in total. The van der Waals surface area contributed by atoms with Gasteiger partial charge in [-0.05, 0) is 12.1 Å². The highest BCUT2D eigenvalue weighted by Gasteiger charge is 2.45. The number of hydrogen-bond donors (Lipinski definition) is 7. The average Bonchev–Trinajstić information content (AvgIpc) is 2.84. The Balaban J connectivity index is 1.91. The van der Waals surface area contributed by atoms with Gasteiger partial charge in [0.25, 0.3) is 0 Å². The van der Waals surface area contributed by atoms with Crippen LogP contribution < -0.4 is 19.6 Å². The molecule has 5 atom stereocenters. The van der Waals surface area contributed by atoms with Crippen LogP contribution in [0.4, 0.5) is 0 Å². The first-order valence-corrected chi connectivity index (χ1v) is 10.6. The Bertz CT molecular complexity index is 1330. The molecule has 0 amide bonds. The van der Waals surface area contributed by atoms with Crippen molar-refractivity contribution < 1.29 is 59.1 Å². The van der Waals surface area contributed by atoms with Crippen molar-refractivity contribution in [2.75, 3.05) is 20.8 Å². The Morgan fingerprint density at radius 1 is 0.889 bits per heavy atom. The van der Waals surface area contributed by atoms with Crippen LogP contribution in [0.2, 0.25) is 0 Å². The van der Waals surface area contributed by atoms with Gasteiger partial charge in [0.2, 0.25) is 12.0 Å². The van der Waals surface area contributed by atoms with Crippen LogP contribution in [0.1, 0.15) is 0 Å². The summed E-state index contributed by atoms with van der Waals surface area (Å²) < 4.78 is 27.3.